The summed E-state index contributed by atoms with van der Waals surface area (Å²) in [5, 5.41) is 0. The maximum atomic E-state index is 12.9. The summed E-state index contributed by atoms with van der Waals surface area (Å²) in [5.74, 6) is 0.611. The molecule has 7 heteroatoms. The van der Waals surface area contributed by atoms with Gasteiger partial charge < -0.3 is 14.5 Å². The quantitative estimate of drug-likeness (QED) is 0.839. The fraction of sp³-hybridized carbons (Fsp3) is 0.368. The van der Waals surface area contributed by atoms with E-state index in [9.17, 15) is 9.59 Å². The molecule has 1 aliphatic rings. The molecular weight excluding hydrogens is 332 g/mol. The Morgan fingerprint density at radius 1 is 0.962 bits per heavy atom. The van der Waals surface area contributed by atoms with E-state index in [0.717, 1.165) is 16.9 Å². The molecule has 26 heavy (non-hydrogen) atoms. The van der Waals surface area contributed by atoms with Crippen molar-refractivity contribution in [1.82, 2.24) is 19.8 Å². The lowest BCUT2D eigenvalue weighted by Gasteiger charge is -2.35. The van der Waals surface area contributed by atoms with Crippen LogP contribution in [0.5, 0.6) is 5.75 Å². The number of rotatable bonds is 3. The van der Waals surface area contributed by atoms with Crippen LogP contribution in [-0.2, 0) is 0 Å². The predicted octanol–water partition coefficient (Wildman–Crippen LogP) is 1.70. The molecule has 2 heterocycles. The Balaban J connectivity index is 1.68. The Morgan fingerprint density at radius 3 is 2.19 bits per heavy atom. The number of methoxy groups -OCH3 is 1. The minimum Gasteiger partial charge on any atom is -0.496 e. The second-order valence-corrected chi connectivity index (χ2v) is 6.24. The Bertz CT molecular complexity index is 815. The first-order valence-electron chi connectivity index (χ1n) is 8.51. The average molecular weight is 354 g/mol. The minimum atomic E-state index is -0.151. The Labute approximate surface area is 152 Å². The lowest BCUT2D eigenvalue weighted by atomic mass is 10.0. The van der Waals surface area contributed by atoms with E-state index in [-0.39, 0.29) is 11.8 Å². The van der Waals surface area contributed by atoms with Crippen LogP contribution in [0.2, 0.25) is 0 Å². The maximum Gasteiger partial charge on any atom is 0.274 e. The fourth-order valence-corrected chi connectivity index (χ4v) is 3.10. The van der Waals surface area contributed by atoms with Gasteiger partial charge in [0, 0.05) is 44.1 Å². The molecule has 1 saturated heterocycles. The fourth-order valence-electron chi connectivity index (χ4n) is 3.10. The van der Waals surface area contributed by atoms with Crippen molar-refractivity contribution in [2.75, 3.05) is 33.3 Å². The molecule has 0 bridgehead atoms. The lowest BCUT2D eigenvalue weighted by Crippen LogP contribution is -2.50. The molecule has 1 aromatic carbocycles. The third kappa shape index (κ3) is 3.37. The van der Waals surface area contributed by atoms with Gasteiger partial charge in [-0.1, -0.05) is 0 Å². The number of hydrogen-bond acceptors (Lipinski definition) is 5. The molecule has 0 spiro atoms. The van der Waals surface area contributed by atoms with Crippen LogP contribution < -0.4 is 4.74 Å². The molecule has 0 saturated carbocycles. The van der Waals surface area contributed by atoms with Crippen LogP contribution in [0.3, 0.4) is 0 Å². The number of carbonyl (C=O) groups is 2. The van der Waals surface area contributed by atoms with Gasteiger partial charge in [0.25, 0.3) is 11.8 Å². The summed E-state index contributed by atoms with van der Waals surface area (Å²) in [4.78, 5) is 36.8. The topological polar surface area (TPSA) is 75.6 Å². The predicted molar refractivity (Wildman–Crippen MR) is 96.3 cm³/mol. The van der Waals surface area contributed by atoms with E-state index in [0.29, 0.717) is 37.4 Å². The number of benzene rings is 1. The third-order valence-corrected chi connectivity index (χ3v) is 4.82. The highest BCUT2D eigenvalue weighted by atomic mass is 16.5. The second-order valence-electron chi connectivity index (χ2n) is 6.24. The molecular formula is C19H22N4O3. The van der Waals surface area contributed by atoms with Gasteiger partial charge in [-0.15, -0.1) is 0 Å². The highest BCUT2D eigenvalue weighted by Gasteiger charge is 2.27. The number of carbonyl (C=O) groups excluding carboxylic acids is 2. The van der Waals surface area contributed by atoms with E-state index in [1.54, 1.807) is 23.0 Å². The molecule has 2 aromatic rings. The molecule has 0 radical (unpaired) electrons. The van der Waals surface area contributed by atoms with E-state index in [1.165, 1.54) is 18.6 Å². The zero-order valence-corrected chi connectivity index (χ0v) is 15.2. The SMILES string of the molecule is COc1ccc(C(=O)N2CCN(C(=O)c3cnccn3)CC2)c(C)c1C. The first-order valence-corrected chi connectivity index (χ1v) is 8.51. The number of ether oxygens (including phenoxy) is 1. The van der Waals surface area contributed by atoms with Crippen LogP contribution in [0.15, 0.2) is 30.7 Å². The van der Waals surface area contributed by atoms with Gasteiger partial charge in [-0.25, -0.2) is 4.98 Å². The van der Waals surface area contributed by atoms with Crippen molar-refractivity contribution in [3.63, 3.8) is 0 Å². The van der Waals surface area contributed by atoms with E-state index < -0.39 is 0 Å². The van der Waals surface area contributed by atoms with Crippen LogP contribution in [0.4, 0.5) is 0 Å². The summed E-state index contributed by atoms with van der Waals surface area (Å²) in [6, 6.07) is 3.63. The van der Waals surface area contributed by atoms with Crippen LogP contribution in [-0.4, -0.2) is 64.9 Å². The molecule has 0 aliphatic carbocycles. The smallest absolute Gasteiger partial charge is 0.274 e. The molecule has 0 atom stereocenters. The first kappa shape index (κ1) is 17.8. The summed E-state index contributed by atoms with van der Waals surface area (Å²) in [6.07, 6.45) is 4.50. The molecule has 2 amide bonds. The van der Waals surface area contributed by atoms with Gasteiger partial charge in [0.15, 0.2) is 0 Å². The van der Waals surface area contributed by atoms with Crippen LogP contribution in [0.25, 0.3) is 0 Å². The number of hydrogen-bond donors (Lipinski definition) is 0. The molecule has 7 nitrogen and oxygen atoms in total. The summed E-state index contributed by atoms with van der Waals surface area (Å²) >= 11 is 0. The van der Waals surface area contributed by atoms with Gasteiger partial charge >= 0.3 is 0 Å². The van der Waals surface area contributed by atoms with Gasteiger partial charge in [-0.2, -0.15) is 0 Å². The first-order chi connectivity index (χ1) is 12.5. The van der Waals surface area contributed by atoms with Gasteiger partial charge in [0.2, 0.25) is 0 Å². The van der Waals surface area contributed by atoms with Gasteiger partial charge in [0.1, 0.15) is 11.4 Å². The van der Waals surface area contributed by atoms with Crippen LogP contribution in [0, 0.1) is 13.8 Å². The van der Waals surface area contributed by atoms with Crippen molar-refractivity contribution in [2.45, 2.75) is 13.8 Å². The molecule has 136 valence electrons. The number of amides is 2. The molecule has 3 rings (SSSR count). The molecule has 1 fully saturated rings. The highest BCUT2D eigenvalue weighted by molar-refractivity contribution is 5.97. The maximum absolute atomic E-state index is 12.9. The summed E-state index contributed by atoms with van der Waals surface area (Å²) < 4.78 is 5.31. The average Bonchev–Trinajstić information content (AvgIpc) is 2.70. The van der Waals surface area contributed by atoms with Gasteiger partial charge in [0.05, 0.1) is 13.3 Å². The summed E-state index contributed by atoms with van der Waals surface area (Å²) in [5.41, 5.74) is 2.90. The Kier molecular flexibility index (Phi) is 5.16. The van der Waals surface area contributed by atoms with Crippen LogP contribution in [0.1, 0.15) is 32.0 Å². The molecule has 1 aromatic heterocycles. The zero-order chi connectivity index (χ0) is 18.7. The van der Waals surface area contributed by atoms with Gasteiger partial charge in [-0.3, -0.25) is 14.6 Å². The molecule has 0 N–H and O–H groups in total. The Hall–Kier alpha value is -2.96. The van der Waals surface area contributed by atoms with E-state index in [1.807, 2.05) is 19.9 Å². The monoisotopic (exact) mass is 354 g/mol. The van der Waals surface area contributed by atoms with Crippen molar-refractivity contribution in [3.05, 3.63) is 53.1 Å². The highest BCUT2D eigenvalue weighted by Crippen LogP contribution is 2.25. The molecule has 0 unspecified atom stereocenters. The normalized spacial score (nSPS) is 14.3. The molecule has 1 aliphatic heterocycles. The van der Waals surface area contributed by atoms with E-state index in [2.05, 4.69) is 9.97 Å². The van der Waals surface area contributed by atoms with Crippen molar-refractivity contribution < 1.29 is 14.3 Å². The van der Waals surface area contributed by atoms with Crippen molar-refractivity contribution in [3.8, 4) is 5.75 Å². The van der Waals surface area contributed by atoms with Crippen molar-refractivity contribution >= 4 is 11.8 Å². The summed E-state index contributed by atoms with van der Waals surface area (Å²) in [6.45, 7) is 5.83. The van der Waals surface area contributed by atoms with Crippen molar-refractivity contribution in [1.29, 1.82) is 0 Å². The standard InChI is InChI=1S/C19H22N4O3/c1-13-14(2)17(26-3)5-4-15(13)18(24)22-8-10-23(11-9-22)19(25)16-12-20-6-7-21-16/h4-7,12H,8-11H2,1-3H3. The van der Waals surface area contributed by atoms with Crippen LogP contribution >= 0.6 is 0 Å². The summed E-state index contributed by atoms with van der Waals surface area (Å²) in [7, 11) is 1.62. The number of piperazine rings is 1. The number of nitrogens with zero attached hydrogens (tertiary/aromatic N) is 4. The van der Waals surface area contributed by atoms with Crippen molar-refractivity contribution in [2.24, 2.45) is 0 Å². The van der Waals surface area contributed by atoms with E-state index >= 15 is 0 Å². The third-order valence-electron chi connectivity index (χ3n) is 4.82. The zero-order valence-electron chi connectivity index (χ0n) is 15.2. The Morgan fingerprint density at radius 2 is 1.62 bits per heavy atom. The van der Waals surface area contributed by atoms with E-state index in [4.69, 9.17) is 4.74 Å². The minimum absolute atomic E-state index is 0.0140. The number of aromatic nitrogens is 2. The lowest BCUT2D eigenvalue weighted by molar-refractivity contribution is 0.0531. The van der Waals surface area contributed by atoms with Gasteiger partial charge in [-0.05, 0) is 37.1 Å². The second kappa shape index (κ2) is 7.51. The largest absolute Gasteiger partial charge is 0.496 e.